The molecule has 2 N–H and O–H groups in total. The highest BCUT2D eigenvalue weighted by Gasteiger charge is 2.33. The van der Waals surface area contributed by atoms with Crippen LogP contribution in [0.25, 0.3) is 0 Å². The van der Waals surface area contributed by atoms with E-state index in [1.54, 1.807) is 29.2 Å². The summed E-state index contributed by atoms with van der Waals surface area (Å²) >= 11 is 11.9. The Bertz CT molecular complexity index is 1010. The summed E-state index contributed by atoms with van der Waals surface area (Å²) in [5, 5.41) is 0.609. The van der Waals surface area contributed by atoms with Crippen LogP contribution in [-0.4, -0.2) is 70.8 Å². The smallest absolute Gasteiger partial charge is 0.314 e. The van der Waals surface area contributed by atoms with E-state index in [9.17, 15) is 14.0 Å². The lowest BCUT2D eigenvalue weighted by Crippen LogP contribution is -2.57. The predicted octanol–water partition coefficient (Wildman–Crippen LogP) is 5.08. The van der Waals surface area contributed by atoms with Crippen molar-refractivity contribution in [2.75, 3.05) is 32.1 Å². The monoisotopic (exact) mass is 536 g/mol. The zero-order chi connectivity index (χ0) is 26.2. The van der Waals surface area contributed by atoms with Crippen molar-refractivity contribution in [2.24, 2.45) is 5.73 Å². The zero-order valence-electron chi connectivity index (χ0n) is 20.9. The summed E-state index contributed by atoms with van der Waals surface area (Å²) in [6, 6.07) is 13.6. The Morgan fingerprint density at radius 3 is 2.36 bits per heavy atom. The molecule has 1 aliphatic rings. The van der Waals surface area contributed by atoms with Gasteiger partial charge in [-0.2, -0.15) is 0 Å². The molecule has 2 aromatic carbocycles. The molecule has 0 saturated carbocycles. The molecule has 36 heavy (non-hydrogen) atoms. The van der Waals surface area contributed by atoms with E-state index in [2.05, 4.69) is 18.7 Å². The molecule has 1 unspecified atom stereocenters. The molecule has 1 aliphatic heterocycles. The minimum atomic E-state index is -0.525. The molecule has 3 rings (SSSR count). The summed E-state index contributed by atoms with van der Waals surface area (Å²) in [4.78, 5) is 31.4. The zero-order valence-corrected chi connectivity index (χ0v) is 22.4. The van der Waals surface area contributed by atoms with E-state index in [-0.39, 0.29) is 36.1 Å². The Morgan fingerprint density at radius 2 is 1.75 bits per heavy atom. The van der Waals surface area contributed by atoms with Crippen molar-refractivity contribution in [1.82, 2.24) is 14.7 Å². The number of hydrogen-bond acceptors (Lipinski definition) is 3. The summed E-state index contributed by atoms with van der Waals surface area (Å²) in [7, 11) is 0. The van der Waals surface area contributed by atoms with E-state index >= 15 is 0 Å². The molecule has 196 valence electrons. The normalized spacial score (nSPS) is 19.2. The van der Waals surface area contributed by atoms with Crippen LogP contribution in [0.2, 0.25) is 5.02 Å². The van der Waals surface area contributed by atoms with Crippen LogP contribution in [-0.2, 0) is 11.3 Å². The number of amides is 3. The van der Waals surface area contributed by atoms with Gasteiger partial charge in [-0.25, -0.2) is 9.18 Å². The van der Waals surface area contributed by atoms with Crippen LogP contribution >= 0.6 is 23.2 Å². The van der Waals surface area contributed by atoms with Crippen LogP contribution < -0.4 is 5.73 Å². The van der Waals surface area contributed by atoms with Gasteiger partial charge in [-0.05, 0) is 55.7 Å². The summed E-state index contributed by atoms with van der Waals surface area (Å²) in [6.07, 6.45) is 0.873. The second-order valence-corrected chi connectivity index (χ2v) is 10.4. The van der Waals surface area contributed by atoms with E-state index in [1.165, 1.54) is 12.1 Å². The summed E-state index contributed by atoms with van der Waals surface area (Å²) in [6.45, 7) is 6.94. The second kappa shape index (κ2) is 13.3. The molecule has 0 aromatic heterocycles. The summed E-state index contributed by atoms with van der Waals surface area (Å²) in [5.41, 5.74) is 7.60. The highest BCUT2D eigenvalue weighted by atomic mass is 35.5. The van der Waals surface area contributed by atoms with Crippen LogP contribution in [0, 0.1) is 5.82 Å². The fourth-order valence-corrected chi connectivity index (χ4v) is 4.99. The summed E-state index contributed by atoms with van der Waals surface area (Å²) < 4.78 is 13.3. The third-order valence-corrected chi connectivity index (χ3v) is 7.33. The predicted molar refractivity (Wildman–Crippen MR) is 143 cm³/mol. The largest absolute Gasteiger partial charge is 0.351 e. The van der Waals surface area contributed by atoms with E-state index < -0.39 is 6.03 Å². The van der Waals surface area contributed by atoms with E-state index in [0.717, 1.165) is 17.7 Å². The molecule has 3 atom stereocenters. The number of primary amides is 1. The van der Waals surface area contributed by atoms with Gasteiger partial charge >= 0.3 is 6.03 Å². The molecule has 1 saturated heterocycles. The molecule has 3 amide bonds. The van der Waals surface area contributed by atoms with Gasteiger partial charge in [0.1, 0.15) is 5.82 Å². The van der Waals surface area contributed by atoms with Gasteiger partial charge in [0.2, 0.25) is 5.91 Å². The molecule has 0 bridgehead atoms. The third kappa shape index (κ3) is 7.82. The van der Waals surface area contributed by atoms with E-state index in [1.807, 2.05) is 17.0 Å². The maximum absolute atomic E-state index is 13.6. The minimum Gasteiger partial charge on any atom is -0.351 e. The molecule has 9 heteroatoms. The molecule has 0 radical (unpaired) electrons. The van der Waals surface area contributed by atoms with Crippen LogP contribution in [0.1, 0.15) is 43.7 Å². The molecule has 0 aliphatic carbocycles. The van der Waals surface area contributed by atoms with Gasteiger partial charge in [-0.3, -0.25) is 9.69 Å². The molecule has 6 nitrogen and oxygen atoms in total. The number of halogens is 3. The topological polar surface area (TPSA) is 69.9 Å². The standard InChI is InChI=1S/C27H35Cl2FN4O2/c1-19-16-34(20(2)15-33(19)17-21-4-10-25(30)11-5-21)26(35)14-23(22-6-8-24(29)9-7-22)18-32(27(31)36)13-3-12-28/h4-11,19-20,23H,3,12-18H2,1-2H3,(H2,31,36)/t19-,20+,23?/m1/s1. The van der Waals surface area contributed by atoms with Gasteiger partial charge in [-0.1, -0.05) is 35.9 Å². The van der Waals surface area contributed by atoms with Crippen LogP contribution in [0.5, 0.6) is 0 Å². The summed E-state index contributed by atoms with van der Waals surface area (Å²) in [5.74, 6) is -0.00966. The second-order valence-electron chi connectivity index (χ2n) is 9.58. The van der Waals surface area contributed by atoms with Gasteiger partial charge < -0.3 is 15.5 Å². The van der Waals surface area contributed by atoms with Crippen molar-refractivity contribution in [3.63, 3.8) is 0 Å². The first-order valence-corrected chi connectivity index (χ1v) is 13.2. The molecule has 1 heterocycles. The number of hydrogen-bond donors (Lipinski definition) is 1. The average molecular weight is 538 g/mol. The Morgan fingerprint density at radius 1 is 1.08 bits per heavy atom. The van der Waals surface area contributed by atoms with Crippen molar-refractivity contribution >= 4 is 35.1 Å². The van der Waals surface area contributed by atoms with Crippen LogP contribution in [0.4, 0.5) is 9.18 Å². The highest BCUT2D eigenvalue weighted by Crippen LogP contribution is 2.26. The SMILES string of the molecule is C[C@@H]1CN(C(=O)CC(CN(CCCCl)C(N)=O)c2ccc(Cl)cc2)[C@@H](C)CN1Cc1ccc(F)cc1. The van der Waals surface area contributed by atoms with Gasteiger partial charge in [0.05, 0.1) is 0 Å². The highest BCUT2D eigenvalue weighted by molar-refractivity contribution is 6.30. The number of rotatable bonds is 10. The lowest BCUT2D eigenvalue weighted by atomic mass is 9.93. The number of nitrogens with two attached hydrogens (primary N) is 1. The van der Waals surface area contributed by atoms with Gasteiger partial charge in [0.15, 0.2) is 0 Å². The fraction of sp³-hybridized carbons (Fsp3) is 0.481. The Labute approximate surface area is 223 Å². The molecular formula is C27H35Cl2FN4O2. The lowest BCUT2D eigenvalue weighted by Gasteiger charge is -2.44. The van der Waals surface area contributed by atoms with Crippen molar-refractivity contribution in [2.45, 2.75) is 51.2 Å². The Balaban J connectivity index is 1.70. The Kier molecular flexibility index (Phi) is 10.4. The number of carbonyl (C=O) groups excluding carboxylic acids is 2. The van der Waals surface area contributed by atoms with E-state index in [0.29, 0.717) is 43.5 Å². The maximum Gasteiger partial charge on any atom is 0.314 e. The number of urea groups is 1. The molecule has 1 fully saturated rings. The van der Waals surface area contributed by atoms with Crippen LogP contribution in [0.3, 0.4) is 0 Å². The number of piperazine rings is 1. The van der Waals surface area contributed by atoms with Gasteiger partial charge in [-0.15, -0.1) is 11.6 Å². The fourth-order valence-electron chi connectivity index (χ4n) is 4.75. The number of alkyl halides is 1. The van der Waals surface area contributed by atoms with Crippen molar-refractivity contribution < 1.29 is 14.0 Å². The van der Waals surface area contributed by atoms with Gasteiger partial charge in [0, 0.05) is 68.0 Å². The number of benzene rings is 2. The first-order valence-electron chi connectivity index (χ1n) is 12.3. The first-order chi connectivity index (χ1) is 17.2. The van der Waals surface area contributed by atoms with Crippen LogP contribution in [0.15, 0.2) is 48.5 Å². The van der Waals surface area contributed by atoms with Crippen molar-refractivity contribution in [3.05, 3.63) is 70.5 Å². The molecule has 0 spiro atoms. The lowest BCUT2D eigenvalue weighted by molar-refractivity contribution is -0.137. The average Bonchev–Trinajstić information content (AvgIpc) is 2.84. The number of carbonyl (C=O) groups is 2. The van der Waals surface area contributed by atoms with Crippen molar-refractivity contribution in [3.8, 4) is 0 Å². The Hall–Kier alpha value is -2.35. The number of nitrogens with zero attached hydrogens (tertiary/aromatic N) is 3. The van der Waals surface area contributed by atoms with E-state index in [4.69, 9.17) is 28.9 Å². The third-order valence-electron chi connectivity index (χ3n) is 6.81. The molecular weight excluding hydrogens is 502 g/mol. The maximum atomic E-state index is 13.6. The molecule has 2 aromatic rings. The van der Waals surface area contributed by atoms with Gasteiger partial charge in [0.25, 0.3) is 0 Å². The quantitative estimate of drug-likeness (QED) is 0.430. The van der Waals surface area contributed by atoms with Crippen molar-refractivity contribution in [1.29, 1.82) is 0 Å². The first kappa shape index (κ1) is 28.2. The minimum absolute atomic E-state index is 0.0171.